The molecule has 4 rings (SSSR count). The summed E-state index contributed by atoms with van der Waals surface area (Å²) in [6, 6.07) is 12.0. The number of carboxylic acid groups (broad SMARTS) is 1. The minimum Gasteiger partial charge on any atom is -0.495 e. The first-order chi connectivity index (χ1) is 13.9. The van der Waals surface area contributed by atoms with Crippen molar-refractivity contribution in [3.8, 4) is 5.75 Å². The van der Waals surface area contributed by atoms with Crippen LogP contribution in [0.3, 0.4) is 0 Å². The standard InChI is InChI=1S/C19H17N3O5S2/c1-27-16-8-12(18(23)24)6-7-15(16)21-29(25,26)17-11-28-19(20-17)22-9-13-4-2-3-5-14(13)10-22/h2-8,11,21H,9-10H2,1H3,(H,23,24). The number of carbonyl (C=O) groups is 1. The number of nitrogens with zero attached hydrogens (tertiary/aromatic N) is 2. The van der Waals surface area contributed by atoms with Gasteiger partial charge in [-0.2, -0.15) is 8.42 Å². The molecule has 0 radical (unpaired) electrons. The number of rotatable bonds is 6. The number of benzene rings is 2. The smallest absolute Gasteiger partial charge is 0.335 e. The van der Waals surface area contributed by atoms with Crippen LogP contribution in [0.5, 0.6) is 5.75 Å². The molecule has 1 aliphatic rings. The molecule has 0 fully saturated rings. The normalized spacial score (nSPS) is 13.2. The number of thiazole rings is 1. The Morgan fingerprint density at radius 3 is 2.52 bits per heavy atom. The SMILES string of the molecule is COc1cc(C(=O)O)ccc1NS(=O)(=O)c1csc(N2Cc3ccccc3C2)n1. The molecule has 3 aromatic rings. The first kappa shape index (κ1) is 19.2. The summed E-state index contributed by atoms with van der Waals surface area (Å²) in [6.07, 6.45) is 0. The number of fused-ring (bicyclic) bond motifs is 1. The van der Waals surface area contributed by atoms with Gasteiger partial charge in [-0.3, -0.25) is 4.72 Å². The molecule has 2 aromatic carbocycles. The molecule has 0 saturated carbocycles. The number of hydrogen-bond donors (Lipinski definition) is 2. The number of methoxy groups -OCH3 is 1. The van der Waals surface area contributed by atoms with Crippen LogP contribution in [0.15, 0.2) is 52.9 Å². The van der Waals surface area contributed by atoms with Gasteiger partial charge in [0.05, 0.1) is 18.4 Å². The summed E-state index contributed by atoms with van der Waals surface area (Å²) < 4.78 is 33.1. The fourth-order valence-corrected chi connectivity index (χ4v) is 5.26. The third-order valence-corrected chi connectivity index (χ3v) is 6.85. The Bertz CT molecular complexity index is 1170. The maximum Gasteiger partial charge on any atom is 0.335 e. The van der Waals surface area contributed by atoms with Gasteiger partial charge in [-0.15, -0.1) is 11.3 Å². The quantitative estimate of drug-likeness (QED) is 0.617. The molecule has 0 unspecified atom stereocenters. The Kier molecular flexibility index (Phi) is 4.89. The number of sulfonamides is 1. The van der Waals surface area contributed by atoms with Gasteiger partial charge >= 0.3 is 5.97 Å². The summed E-state index contributed by atoms with van der Waals surface area (Å²) >= 11 is 1.26. The van der Waals surface area contributed by atoms with Crippen molar-refractivity contribution >= 4 is 38.1 Å². The van der Waals surface area contributed by atoms with Crippen LogP contribution >= 0.6 is 11.3 Å². The number of aromatic carboxylic acids is 1. The second-order valence-electron chi connectivity index (χ2n) is 6.42. The topological polar surface area (TPSA) is 109 Å². The molecule has 0 amide bonds. The molecule has 8 nitrogen and oxygen atoms in total. The molecule has 0 saturated heterocycles. The Morgan fingerprint density at radius 2 is 1.90 bits per heavy atom. The first-order valence-electron chi connectivity index (χ1n) is 8.59. The molecule has 0 atom stereocenters. The highest BCUT2D eigenvalue weighted by molar-refractivity contribution is 7.92. The fourth-order valence-electron chi connectivity index (χ4n) is 3.09. The van der Waals surface area contributed by atoms with Crippen LogP contribution in [-0.2, 0) is 23.1 Å². The average Bonchev–Trinajstić information content (AvgIpc) is 3.35. The van der Waals surface area contributed by atoms with E-state index in [9.17, 15) is 13.2 Å². The van der Waals surface area contributed by atoms with E-state index in [0.29, 0.717) is 18.2 Å². The molecule has 0 bridgehead atoms. The highest BCUT2D eigenvalue weighted by atomic mass is 32.2. The summed E-state index contributed by atoms with van der Waals surface area (Å²) in [7, 11) is -2.62. The lowest BCUT2D eigenvalue weighted by Crippen LogP contribution is -2.17. The average molecular weight is 431 g/mol. The van der Waals surface area contributed by atoms with Gasteiger partial charge in [0.15, 0.2) is 10.2 Å². The summed E-state index contributed by atoms with van der Waals surface area (Å²) in [4.78, 5) is 17.4. The summed E-state index contributed by atoms with van der Waals surface area (Å²) in [5.41, 5.74) is 2.54. The van der Waals surface area contributed by atoms with E-state index >= 15 is 0 Å². The molecular formula is C19H17N3O5S2. The molecule has 150 valence electrons. The van der Waals surface area contributed by atoms with Crippen LogP contribution in [-0.4, -0.2) is 31.6 Å². The Morgan fingerprint density at radius 1 is 1.21 bits per heavy atom. The highest BCUT2D eigenvalue weighted by Gasteiger charge is 2.25. The minimum absolute atomic E-state index is 0.00524. The van der Waals surface area contributed by atoms with E-state index in [0.717, 1.165) is 0 Å². The molecule has 0 aliphatic carbocycles. The summed E-state index contributed by atoms with van der Waals surface area (Å²) in [5.74, 6) is -1.02. The van der Waals surface area contributed by atoms with Crippen molar-refractivity contribution in [2.24, 2.45) is 0 Å². The second-order valence-corrected chi connectivity index (χ2v) is 8.88. The molecule has 0 spiro atoms. The molecule has 29 heavy (non-hydrogen) atoms. The van der Waals surface area contributed by atoms with Gasteiger partial charge in [0, 0.05) is 18.5 Å². The zero-order valence-electron chi connectivity index (χ0n) is 15.3. The highest BCUT2D eigenvalue weighted by Crippen LogP contribution is 2.33. The Hall–Kier alpha value is -3.11. The van der Waals surface area contributed by atoms with Gasteiger partial charge in [0.1, 0.15) is 5.75 Å². The Labute approximate surface area is 171 Å². The van der Waals surface area contributed by atoms with E-state index in [1.807, 2.05) is 17.0 Å². The summed E-state index contributed by atoms with van der Waals surface area (Å²) in [5, 5.41) is 11.1. The number of ether oxygens (including phenoxy) is 1. The summed E-state index contributed by atoms with van der Waals surface area (Å²) in [6.45, 7) is 1.36. The molecule has 10 heteroatoms. The van der Waals surface area contributed by atoms with Crippen molar-refractivity contribution in [3.63, 3.8) is 0 Å². The van der Waals surface area contributed by atoms with Gasteiger partial charge in [-0.1, -0.05) is 24.3 Å². The second kappa shape index (κ2) is 7.37. The monoisotopic (exact) mass is 431 g/mol. The van der Waals surface area contributed by atoms with Crippen LogP contribution in [0.1, 0.15) is 21.5 Å². The molecule has 1 aliphatic heterocycles. The van der Waals surface area contributed by atoms with E-state index in [1.165, 1.54) is 53.2 Å². The number of hydrogen-bond acceptors (Lipinski definition) is 7. The number of aromatic nitrogens is 1. The molecular weight excluding hydrogens is 414 g/mol. The third kappa shape index (κ3) is 3.76. The molecule has 2 N–H and O–H groups in total. The zero-order valence-corrected chi connectivity index (χ0v) is 17.0. The van der Waals surface area contributed by atoms with Crippen molar-refractivity contribution in [1.29, 1.82) is 0 Å². The van der Waals surface area contributed by atoms with Crippen molar-refractivity contribution in [2.45, 2.75) is 18.1 Å². The zero-order chi connectivity index (χ0) is 20.6. The number of nitrogens with one attached hydrogen (secondary N) is 1. The first-order valence-corrected chi connectivity index (χ1v) is 10.9. The van der Waals surface area contributed by atoms with E-state index in [2.05, 4.69) is 21.8 Å². The van der Waals surface area contributed by atoms with Crippen LogP contribution in [0.25, 0.3) is 0 Å². The predicted molar refractivity (Wildman–Crippen MR) is 109 cm³/mol. The lowest BCUT2D eigenvalue weighted by molar-refractivity contribution is 0.0696. The van der Waals surface area contributed by atoms with Crippen molar-refractivity contribution < 1.29 is 23.1 Å². The lowest BCUT2D eigenvalue weighted by atomic mass is 10.1. The number of anilines is 2. The predicted octanol–water partition coefficient (Wildman–Crippen LogP) is 3.17. The van der Waals surface area contributed by atoms with Crippen LogP contribution < -0.4 is 14.4 Å². The van der Waals surface area contributed by atoms with E-state index in [1.54, 1.807) is 0 Å². The van der Waals surface area contributed by atoms with Crippen LogP contribution in [0, 0.1) is 0 Å². The van der Waals surface area contributed by atoms with Crippen molar-refractivity contribution in [3.05, 3.63) is 64.5 Å². The van der Waals surface area contributed by atoms with Gasteiger partial charge in [-0.05, 0) is 29.3 Å². The molecule has 1 aromatic heterocycles. The molecule has 2 heterocycles. The maximum absolute atomic E-state index is 12.8. The fraction of sp³-hybridized carbons (Fsp3) is 0.158. The van der Waals surface area contributed by atoms with Gasteiger partial charge in [0.2, 0.25) is 0 Å². The Balaban J connectivity index is 1.56. The van der Waals surface area contributed by atoms with E-state index in [-0.39, 0.29) is 22.0 Å². The lowest BCUT2D eigenvalue weighted by Gasteiger charge is -2.13. The van der Waals surface area contributed by atoms with Crippen molar-refractivity contribution in [2.75, 3.05) is 16.7 Å². The number of carboxylic acids is 1. The third-order valence-electron chi connectivity index (χ3n) is 4.55. The van der Waals surface area contributed by atoms with Crippen LogP contribution in [0.2, 0.25) is 0 Å². The van der Waals surface area contributed by atoms with Gasteiger partial charge in [0.25, 0.3) is 10.0 Å². The van der Waals surface area contributed by atoms with E-state index < -0.39 is 16.0 Å². The van der Waals surface area contributed by atoms with Crippen LogP contribution in [0.4, 0.5) is 10.8 Å². The largest absolute Gasteiger partial charge is 0.495 e. The van der Waals surface area contributed by atoms with E-state index in [4.69, 9.17) is 9.84 Å². The van der Waals surface area contributed by atoms with Gasteiger partial charge in [-0.25, -0.2) is 9.78 Å². The minimum atomic E-state index is -3.96. The maximum atomic E-state index is 12.8. The van der Waals surface area contributed by atoms with Gasteiger partial charge < -0.3 is 14.7 Å². The van der Waals surface area contributed by atoms with Crippen molar-refractivity contribution in [1.82, 2.24) is 4.98 Å².